The van der Waals surface area contributed by atoms with E-state index < -0.39 is 34.6 Å². The third kappa shape index (κ3) is 9.30. The van der Waals surface area contributed by atoms with Gasteiger partial charge in [-0.2, -0.15) is 0 Å². The lowest BCUT2D eigenvalue weighted by Gasteiger charge is -2.32. The number of ether oxygens (including phenoxy) is 2. The monoisotopic (exact) mass is 429 g/mol. The van der Waals surface area contributed by atoms with E-state index in [2.05, 4.69) is 5.32 Å². The Hall–Kier alpha value is -1.24. The van der Waals surface area contributed by atoms with Crippen LogP contribution in [0, 0.1) is 0 Å². The molecule has 1 rings (SSSR count). The molecule has 7 heteroatoms. The van der Waals surface area contributed by atoms with E-state index in [1.54, 1.807) is 46.8 Å². The molecule has 0 radical (unpaired) electrons. The van der Waals surface area contributed by atoms with Gasteiger partial charge in [-0.05, 0) is 79.7 Å². The molecular formula is C21H32ClNO4S. The van der Waals surface area contributed by atoms with Gasteiger partial charge in [0.05, 0.1) is 17.0 Å². The van der Waals surface area contributed by atoms with E-state index in [0.717, 1.165) is 4.90 Å². The Labute approximate surface area is 177 Å². The van der Waals surface area contributed by atoms with Gasteiger partial charge >= 0.3 is 5.97 Å². The number of amides is 1. The third-order valence-corrected chi connectivity index (χ3v) is 4.83. The number of hydrogen-bond donors (Lipinski definition) is 1. The summed E-state index contributed by atoms with van der Waals surface area (Å²) in [6.07, 6.45) is -0.550. The van der Waals surface area contributed by atoms with Crippen LogP contribution in [0.1, 0.15) is 55.4 Å². The predicted molar refractivity (Wildman–Crippen MR) is 115 cm³/mol. The van der Waals surface area contributed by atoms with E-state index in [-0.39, 0.29) is 5.91 Å². The van der Waals surface area contributed by atoms with Crippen LogP contribution in [-0.4, -0.2) is 40.5 Å². The topological polar surface area (TPSA) is 64.6 Å². The quantitative estimate of drug-likeness (QED) is 0.495. The number of thioether (sulfide) groups is 1. The van der Waals surface area contributed by atoms with Gasteiger partial charge in [0.1, 0.15) is 5.60 Å². The molecule has 0 aromatic heterocycles. The van der Waals surface area contributed by atoms with E-state index in [0.29, 0.717) is 5.02 Å². The second-order valence-electron chi connectivity index (χ2n) is 8.67. The van der Waals surface area contributed by atoms with Crippen molar-refractivity contribution >= 4 is 35.2 Å². The third-order valence-electron chi connectivity index (χ3n) is 3.46. The summed E-state index contributed by atoms with van der Waals surface area (Å²) in [5, 5.41) is 3.04. The molecule has 0 spiro atoms. The lowest BCUT2D eigenvalue weighted by Crippen LogP contribution is -2.53. The number of halogens is 1. The highest BCUT2D eigenvalue weighted by Crippen LogP contribution is 2.25. The van der Waals surface area contributed by atoms with Crippen molar-refractivity contribution < 1.29 is 19.1 Å². The second-order valence-corrected chi connectivity index (χ2v) is 10.5. The molecule has 0 heterocycles. The van der Waals surface area contributed by atoms with Gasteiger partial charge in [0, 0.05) is 9.92 Å². The second kappa shape index (κ2) is 9.99. The molecule has 1 amide bonds. The summed E-state index contributed by atoms with van der Waals surface area (Å²) in [6, 6.07) is 6.36. The summed E-state index contributed by atoms with van der Waals surface area (Å²) in [7, 11) is 0. The van der Waals surface area contributed by atoms with Gasteiger partial charge < -0.3 is 14.8 Å². The minimum absolute atomic E-state index is 0.264. The molecule has 1 N–H and O–H groups in total. The molecule has 28 heavy (non-hydrogen) atoms. The summed E-state index contributed by atoms with van der Waals surface area (Å²) in [5.74, 6) is -0.776. The van der Waals surface area contributed by atoms with Gasteiger partial charge in [-0.25, -0.2) is 4.79 Å². The van der Waals surface area contributed by atoms with Crippen LogP contribution in [0.2, 0.25) is 5.02 Å². The highest BCUT2D eigenvalue weighted by molar-refractivity contribution is 8.00. The molecule has 5 nitrogen and oxygen atoms in total. The summed E-state index contributed by atoms with van der Waals surface area (Å²) in [6.45, 7) is 14.6. The van der Waals surface area contributed by atoms with Crippen LogP contribution >= 0.6 is 23.4 Å². The maximum Gasteiger partial charge on any atom is 0.331 e. The van der Waals surface area contributed by atoms with E-state index in [1.807, 2.05) is 32.9 Å². The van der Waals surface area contributed by atoms with Crippen LogP contribution in [-0.2, 0) is 19.1 Å². The lowest BCUT2D eigenvalue weighted by molar-refractivity contribution is -0.166. The molecule has 0 fully saturated rings. The highest BCUT2D eigenvalue weighted by Gasteiger charge is 2.35. The Morgan fingerprint density at radius 3 is 2.00 bits per heavy atom. The average Bonchev–Trinajstić information content (AvgIpc) is 2.50. The minimum Gasteiger partial charge on any atom is -0.458 e. The number of nitrogens with one attached hydrogen (secondary N) is 1. The van der Waals surface area contributed by atoms with Gasteiger partial charge in [-0.15, -0.1) is 11.8 Å². The Morgan fingerprint density at radius 2 is 1.54 bits per heavy atom. The zero-order valence-electron chi connectivity index (χ0n) is 18.0. The van der Waals surface area contributed by atoms with Crippen molar-refractivity contribution in [2.75, 3.05) is 0 Å². The van der Waals surface area contributed by atoms with E-state index in [4.69, 9.17) is 21.1 Å². The largest absolute Gasteiger partial charge is 0.458 e. The number of hydrogen-bond acceptors (Lipinski definition) is 5. The highest BCUT2D eigenvalue weighted by atomic mass is 35.5. The van der Waals surface area contributed by atoms with Crippen molar-refractivity contribution in [3.05, 3.63) is 29.3 Å². The van der Waals surface area contributed by atoms with E-state index in [1.165, 1.54) is 11.8 Å². The summed E-state index contributed by atoms with van der Waals surface area (Å²) in [5.41, 5.74) is -1.13. The van der Waals surface area contributed by atoms with Crippen LogP contribution < -0.4 is 5.32 Å². The van der Waals surface area contributed by atoms with Crippen molar-refractivity contribution in [1.29, 1.82) is 0 Å². The van der Waals surface area contributed by atoms with Crippen LogP contribution in [0.15, 0.2) is 29.2 Å². The number of carbonyl (C=O) groups is 2. The molecule has 0 saturated heterocycles. The maximum absolute atomic E-state index is 12.7. The first-order valence-electron chi connectivity index (χ1n) is 9.31. The molecule has 1 aromatic rings. The van der Waals surface area contributed by atoms with Crippen molar-refractivity contribution in [2.45, 2.75) is 88.9 Å². The molecule has 0 bridgehead atoms. The first-order chi connectivity index (χ1) is 12.7. The number of benzene rings is 1. The van der Waals surface area contributed by atoms with Crippen LogP contribution in [0.3, 0.4) is 0 Å². The first kappa shape index (κ1) is 24.8. The van der Waals surface area contributed by atoms with Crippen molar-refractivity contribution in [2.24, 2.45) is 0 Å². The fourth-order valence-electron chi connectivity index (χ4n) is 2.40. The van der Waals surface area contributed by atoms with Crippen LogP contribution in [0.4, 0.5) is 0 Å². The molecule has 0 aliphatic rings. The van der Waals surface area contributed by atoms with E-state index in [9.17, 15) is 9.59 Å². The SMILES string of the molecule is C[C@@H](Sc1ccc(Cl)cc1)C(=O)N[C@H](C(=O)OC(C)(C)C)[C@@H](C)OC(C)(C)C. The van der Waals surface area contributed by atoms with Gasteiger partial charge in [0.25, 0.3) is 0 Å². The normalized spacial score (nSPS) is 15.5. The lowest BCUT2D eigenvalue weighted by atomic mass is 10.1. The van der Waals surface area contributed by atoms with Gasteiger partial charge in [-0.3, -0.25) is 4.79 Å². The molecule has 1 aromatic carbocycles. The smallest absolute Gasteiger partial charge is 0.331 e. The Bertz CT molecular complexity index is 664. The maximum atomic E-state index is 12.7. The molecule has 0 aliphatic carbocycles. The number of rotatable bonds is 7. The Morgan fingerprint density at radius 1 is 1.00 bits per heavy atom. The van der Waals surface area contributed by atoms with Gasteiger partial charge in [0.2, 0.25) is 5.91 Å². The summed E-state index contributed by atoms with van der Waals surface area (Å²) >= 11 is 7.29. The number of esters is 1. The van der Waals surface area contributed by atoms with Gasteiger partial charge in [-0.1, -0.05) is 11.6 Å². The van der Waals surface area contributed by atoms with Crippen molar-refractivity contribution in [3.63, 3.8) is 0 Å². The fourth-order valence-corrected chi connectivity index (χ4v) is 3.40. The molecule has 0 aliphatic heterocycles. The van der Waals surface area contributed by atoms with Gasteiger partial charge in [0.15, 0.2) is 6.04 Å². The number of carbonyl (C=O) groups excluding carboxylic acids is 2. The van der Waals surface area contributed by atoms with Crippen LogP contribution in [0.5, 0.6) is 0 Å². The summed E-state index contributed by atoms with van der Waals surface area (Å²) in [4.78, 5) is 26.4. The Balaban J connectivity index is 2.88. The molecular weight excluding hydrogens is 398 g/mol. The van der Waals surface area contributed by atoms with E-state index >= 15 is 0 Å². The summed E-state index contributed by atoms with van der Waals surface area (Å²) < 4.78 is 11.4. The fraction of sp³-hybridized carbons (Fsp3) is 0.619. The zero-order chi connectivity index (χ0) is 21.7. The van der Waals surface area contributed by atoms with Crippen LogP contribution in [0.25, 0.3) is 0 Å². The Kier molecular flexibility index (Phi) is 8.85. The van der Waals surface area contributed by atoms with Crippen molar-refractivity contribution in [1.82, 2.24) is 5.32 Å². The standard InChI is InChI=1S/C21H32ClNO4S/c1-13(26-20(3,4)5)17(19(25)27-21(6,7)8)23-18(24)14(2)28-16-11-9-15(22)10-12-16/h9-14,17H,1-8H3,(H,23,24)/t13-,14-,17+/m1/s1. The molecule has 158 valence electrons. The molecule has 0 unspecified atom stereocenters. The first-order valence-corrected chi connectivity index (χ1v) is 10.6. The zero-order valence-corrected chi connectivity index (χ0v) is 19.5. The van der Waals surface area contributed by atoms with Crippen molar-refractivity contribution in [3.8, 4) is 0 Å². The average molecular weight is 430 g/mol. The molecule has 3 atom stereocenters. The molecule has 0 saturated carbocycles. The minimum atomic E-state index is -0.904. The predicted octanol–water partition coefficient (Wildman–Crippen LogP) is 4.85.